The van der Waals surface area contributed by atoms with E-state index < -0.39 is 28.6 Å². The molecule has 1 amide bonds. The van der Waals surface area contributed by atoms with Crippen LogP contribution in [0.4, 0.5) is 0 Å². The summed E-state index contributed by atoms with van der Waals surface area (Å²) in [5.74, 6) is -1.30. The van der Waals surface area contributed by atoms with E-state index in [1.807, 2.05) is 4.72 Å². The number of esters is 1. The molecule has 0 aromatic carbocycles. The molecular formula is C7H15N3O5S. The maximum Gasteiger partial charge on any atom is 0.306 e. The van der Waals surface area contributed by atoms with Crippen molar-refractivity contribution in [1.29, 1.82) is 0 Å². The Kier molecular flexibility index (Phi) is 5.93. The Morgan fingerprint density at radius 3 is 2.44 bits per heavy atom. The van der Waals surface area contributed by atoms with E-state index in [4.69, 9.17) is 5.73 Å². The third-order valence-corrected chi connectivity index (χ3v) is 3.21. The van der Waals surface area contributed by atoms with Gasteiger partial charge in [-0.2, -0.15) is 17.4 Å². The number of ether oxygens (including phenoxy) is 1. The van der Waals surface area contributed by atoms with Gasteiger partial charge in [0.15, 0.2) is 0 Å². The molecule has 0 fully saturated rings. The van der Waals surface area contributed by atoms with E-state index in [-0.39, 0.29) is 13.0 Å². The fraction of sp³-hybridized carbons (Fsp3) is 0.714. The van der Waals surface area contributed by atoms with Crippen LogP contribution in [0, 0.1) is 0 Å². The van der Waals surface area contributed by atoms with E-state index in [0.717, 1.165) is 4.31 Å². The second-order valence-corrected chi connectivity index (χ2v) is 4.80. The van der Waals surface area contributed by atoms with Crippen LogP contribution in [0.2, 0.25) is 0 Å². The van der Waals surface area contributed by atoms with E-state index in [9.17, 15) is 18.0 Å². The van der Waals surface area contributed by atoms with Crippen molar-refractivity contribution in [2.45, 2.75) is 6.42 Å². The first kappa shape index (κ1) is 14.8. The SMILES string of the molecule is COC(=O)CCN(C)S(=O)(=O)NCC(N)=O. The van der Waals surface area contributed by atoms with Crippen LogP contribution in [0.5, 0.6) is 0 Å². The van der Waals surface area contributed by atoms with Crippen LogP contribution in [-0.2, 0) is 24.5 Å². The van der Waals surface area contributed by atoms with Crippen molar-refractivity contribution >= 4 is 22.1 Å². The van der Waals surface area contributed by atoms with Crippen molar-refractivity contribution in [3.8, 4) is 0 Å². The molecule has 8 nitrogen and oxygen atoms in total. The number of carbonyl (C=O) groups excluding carboxylic acids is 2. The first-order chi connectivity index (χ1) is 7.29. The summed E-state index contributed by atoms with van der Waals surface area (Å²) in [6, 6.07) is 0. The Balaban J connectivity index is 4.19. The number of amides is 1. The molecule has 0 unspecified atom stereocenters. The van der Waals surface area contributed by atoms with Gasteiger partial charge in [0.2, 0.25) is 5.91 Å². The lowest BCUT2D eigenvalue weighted by molar-refractivity contribution is -0.140. The van der Waals surface area contributed by atoms with Crippen molar-refractivity contribution in [3.63, 3.8) is 0 Å². The molecule has 0 heterocycles. The Bertz CT molecular complexity index is 353. The van der Waals surface area contributed by atoms with Gasteiger partial charge >= 0.3 is 5.97 Å². The summed E-state index contributed by atoms with van der Waals surface area (Å²) < 4.78 is 30.0. The molecule has 0 saturated heterocycles. The number of hydrogen-bond donors (Lipinski definition) is 2. The molecule has 0 radical (unpaired) electrons. The highest BCUT2D eigenvalue weighted by molar-refractivity contribution is 7.87. The monoisotopic (exact) mass is 253 g/mol. The lowest BCUT2D eigenvalue weighted by Crippen LogP contribution is -2.42. The molecule has 9 heteroatoms. The maximum atomic E-state index is 11.4. The highest BCUT2D eigenvalue weighted by Crippen LogP contribution is 1.96. The third kappa shape index (κ3) is 5.63. The van der Waals surface area contributed by atoms with Gasteiger partial charge in [0.25, 0.3) is 10.2 Å². The number of rotatable bonds is 7. The average molecular weight is 253 g/mol. The molecule has 3 N–H and O–H groups in total. The molecule has 0 aromatic rings. The van der Waals surface area contributed by atoms with E-state index in [1.165, 1.54) is 14.2 Å². The molecule has 0 bridgehead atoms. The molecular weight excluding hydrogens is 238 g/mol. The molecule has 94 valence electrons. The highest BCUT2D eigenvalue weighted by Gasteiger charge is 2.18. The predicted octanol–water partition coefficient (Wildman–Crippen LogP) is -2.20. The van der Waals surface area contributed by atoms with Crippen molar-refractivity contribution in [2.24, 2.45) is 5.73 Å². The quantitative estimate of drug-likeness (QED) is 0.499. The van der Waals surface area contributed by atoms with Gasteiger partial charge in [-0.05, 0) is 0 Å². The van der Waals surface area contributed by atoms with Crippen LogP contribution < -0.4 is 10.5 Å². The van der Waals surface area contributed by atoms with Crippen LogP contribution in [0.15, 0.2) is 0 Å². The molecule has 0 saturated carbocycles. The third-order valence-electron chi connectivity index (χ3n) is 1.70. The summed E-state index contributed by atoms with van der Waals surface area (Å²) in [6.07, 6.45) is -0.0650. The highest BCUT2D eigenvalue weighted by atomic mass is 32.2. The summed E-state index contributed by atoms with van der Waals surface area (Å²) in [5, 5.41) is 0. The summed E-state index contributed by atoms with van der Waals surface area (Å²) in [7, 11) is -1.30. The fourth-order valence-corrected chi connectivity index (χ4v) is 1.62. The van der Waals surface area contributed by atoms with Crippen molar-refractivity contribution < 1.29 is 22.7 Å². The standard InChI is InChI=1S/C7H15N3O5S/c1-10(4-3-7(12)15-2)16(13,14)9-5-6(8)11/h9H,3-5H2,1-2H3,(H2,8,11). The summed E-state index contributed by atoms with van der Waals surface area (Å²) in [4.78, 5) is 21.2. The van der Waals surface area contributed by atoms with E-state index in [1.54, 1.807) is 0 Å². The van der Waals surface area contributed by atoms with Crippen LogP contribution in [0.1, 0.15) is 6.42 Å². The minimum atomic E-state index is -3.78. The van der Waals surface area contributed by atoms with Gasteiger partial charge in [0.05, 0.1) is 20.1 Å². The number of nitrogens with two attached hydrogens (primary N) is 1. The second-order valence-electron chi connectivity index (χ2n) is 2.94. The summed E-state index contributed by atoms with van der Waals surface area (Å²) >= 11 is 0. The summed E-state index contributed by atoms with van der Waals surface area (Å²) in [5.41, 5.74) is 4.78. The Morgan fingerprint density at radius 1 is 1.44 bits per heavy atom. The van der Waals surface area contributed by atoms with Gasteiger partial charge < -0.3 is 10.5 Å². The van der Waals surface area contributed by atoms with Gasteiger partial charge in [-0.3, -0.25) is 9.59 Å². The summed E-state index contributed by atoms with van der Waals surface area (Å²) in [6.45, 7) is -0.522. The molecule has 0 aliphatic rings. The molecule has 0 spiro atoms. The zero-order valence-electron chi connectivity index (χ0n) is 9.10. The van der Waals surface area contributed by atoms with Crippen molar-refractivity contribution in [1.82, 2.24) is 9.03 Å². The molecule has 0 atom stereocenters. The lowest BCUT2D eigenvalue weighted by Gasteiger charge is -2.16. The minimum absolute atomic E-state index is 0.0409. The van der Waals surface area contributed by atoms with Crippen LogP contribution >= 0.6 is 0 Å². The topological polar surface area (TPSA) is 119 Å². The number of primary amides is 1. The van der Waals surface area contributed by atoms with Crippen molar-refractivity contribution in [2.75, 3.05) is 27.2 Å². The predicted molar refractivity (Wildman–Crippen MR) is 55.4 cm³/mol. The Morgan fingerprint density at radius 2 is 2.00 bits per heavy atom. The first-order valence-corrected chi connectivity index (χ1v) is 5.79. The largest absolute Gasteiger partial charge is 0.469 e. The van der Waals surface area contributed by atoms with E-state index in [0.29, 0.717) is 0 Å². The minimum Gasteiger partial charge on any atom is -0.469 e. The smallest absolute Gasteiger partial charge is 0.306 e. The fourth-order valence-electron chi connectivity index (χ4n) is 0.743. The molecule has 0 aromatic heterocycles. The first-order valence-electron chi connectivity index (χ1n) is 4.35. The van der Waals surface area contributed by atoms with Crippen LogP contribution in [-0.4, -0.2) is 51.8 Å². The van der Waals surface area contributed by atoms with Gasteiger partial charge in [-0.25, -0.2) is 0 Å². The van der Waals surface area contributed by atoms with Gasteiger partial charge in [0.1, 0.15) is 0 Å². The number of nitrogens with zero attached hydrogens (tertiary/aromatic N) is 1. The molecule has 0 rings (SSSR count). The van der Waals surface area contributed by atoms with Crippen molar-refractivity contribution in [3.05, 3.63) is 0 Å². The second kappa shape index (κ2) is 6.40. The number of nitrogens with one attached hydrogen (secondary N) is 1. The zero-order valence-corrected chi connectivity index (χ0v) is 9.91. The zero-order chi connectivity index (χ0) is 12.8. The number of hydrogen-bond acceptors (Lipinski definition) is 5. The van der Waals surface area contributed by atoms with Crippen LogP contribution in [0.3, 0.4) is 0 Å². The molecule has 0 aliphatic carbocycles. The van der Waals surface area contributed by atoms with E-state index >= 15 is 0 Å². The Labute approximate surface area is 93.9 Å². The van der Waals surface area contributed by atoms with Crippen LogP contribution in [0.25, 0.3) is 0 Å². The number of carbonyl (C=O) groups is 2. The number of methoxy groups -OCH3 is 1. The maximum absolute atomic E-state index is 11.4. The lowest BCUT2D eigenvalue weighted by atomic mass is 10.4. The van der Waals surface area contributed by atoms with Gasteiger partial charge in [-0.15, -0.1) is 0 Å². The van der Waals surface area contributed by atoms with Gasteiger partial charge in [-0.1, -0.05) is 0 Å². The van der Waals surface area contributed by atoms with Gasteiger partial charge in [0, 0.05) is 13.6 Å². The normalized spacial score (nSPS) is 11.4. The molecule has 16 heavy (non-hydrogen) atoms. The molecule has 0 aliphatic heterocycles. The van der Waals surface area contributed by atoms with E-state index in [2.05, 4.69) is 4.74 Å². The Hall–Kier alpha value is -1.19. The average Bonchev–Trinajstić information content (AvgIpc) is 2.22.